The van der Waals surface area contributed by atoms with Crippen LogP contribution in [0, 0.1) is 11.5 Å². The minimum atomic E-state index is -0.461. The Balaban J connectivity index is 0.000000633. The number of aliphatic imine (C=N–C) groups is 1. The molecule has 0 spiro atoms. The van der Waals surface area contributed by atoms with Crippen molar-refractivity contribution in [2.75, 3.05) is 34.3 Å². The maximum atomic E-state index is 12.0. The van der Waals surface area contributed by atoms with Gasteiger partial charge in [-0.1, -0.05) is 41.5 Å². The van der Waals surface area contributed by atoms with E-state index in [-0.39, 0.29) is 35.0 Å². The van der Waals surface area contributed by atoms with Gasteiger partial charge in [-0.25, -0.2) is 0 Å². The molecule has 1 heterocycles. The highest BCUT2D eigenvalue weighted by Gasteiger charge is 2.28. The van der Waals surface area contributed by atoms with Crippen LogP contribution in [0.25, 0.3) is 6.08 Å². The largest absolute Gasteiger partial charge is 0.507 e. The first-order chi connectivity index (χ1) is 14.5. The highest BCUT2D eigenvalue weighted by molar-refractivity contribution is 6.11. The highest BCUT2D eigenvalue weighted by Crippen LogP contribution is 2.40. The number of nitrogens with zero attached hydrogens (tertiary/aromatic N) is 3. The Morgan fingerprint density at radius 1 is 1.12 bits per heavy atom. The number of ether oxygens (including phenoxy) is 1. The summed E-state index contributed by atoms with van der Waals surface area (Å²) in [6.45, 7) is 13.2. The van der Waals surface area contributed by atoms with E-state index >= 15 is 0 Å². The van der Waals surface area contributed by atoms with Crippen LogP contribution in [0.5, 0.6) is 5.75 Å². The third-order valence-corrected chi connectivity index (χ3v) is 4.62. The zero-order valence-corrected chi connectivity index (χ0v) is 20.7. The molecular formula is C24H37N4O4+. The van der Waals surface area contributed by atoms with Gasteiger partial charge in [-0.2, -0.15) is 5.26 Å². The van der Waals surface area contributed by atoms with Gasteiger partial charge in [-0.3, -0.25) is 10.1 Å². The Labute approximate surface area is 191 Å². The average molecular weight is 446 g/mol. The first kappa shape index (κ1) is 27.1. The Kier molecular flexibility index (Phi) is 8.61. The van der Waals surface area contributed by atoms with Gasteiger partial charge in [0.05, 0.1) is 27.7 Å². The van der Waals surface area contributed by atoms with E-state index in [4.69, 9.17) is 15.1 Å². The summed E-state index contributed by atoms with van der Waals surface area (Å²) in [5.74, 6) is -0.137. The molecule has 1 amide bonds. The summed E-state index contributed by atoms with van der Waals surface area (Å²) in [6.07, 6.45) is 3.15. The van der Waals surface area contributed by atoms with E-state index in [2.05, 4.69) is 31.5 Å². The molecule has 0 saturated carbocycles. The summed E-state index contributed by atoms with van der Waals surface area (Å²) < 4.78 is 6.11. The second-order valence-corrected chi connectivity index (χ2v) is 10.8. The molecule has 1 fully saturated rings. The van der Waals surface area contributed by atoms with Crippen molar-refractivity contribution in [2.24, 2.45) is 4.99 Å². The number of aliphatic hydroxyl groups excluding tert-OH is 1. The minimum Gasteiger partial charge on any atom is -0.507 e. The number of aliphatic hydroxyl groups is 1. The number of phenols is 1. The van der Waals surface area contributed by atoms with Crippen LogP contribution in [0.4, 0.5) is 0 Å². The van der Waals surface area contributed by atoms with Crippen LogP contribution in [-0.2, 0) is 20.4 Å². The van der Waals surface area contributed by atoms with Crippen LogP contribution in [0.3, 0.4) is 0 Å². The van der Waals surface area contributed by atoms with Crippen molar-refractivity contribution < 1.29 is 24.2 Å². The van der Waals surface area contributed by atoms with E-state index in [1.165, 1.54) is 0 Å². The molecule has 0 unspecified atom stereocenters. The summed E-state index contributed by atoms with van der Waals surface area (Å²) in [5, 5.41) is 30.0. The fourth-order valence-corrected chi connectivity index (χ4v) is 2.86. The van der Waals surface area contributed by atoms with Gasteiger partial charge in [0, 0.05) is 11.1 Å². The van der Waals surface area contributed by atoms with E-state index in [0.29, 0.717) is 0 Å². The number of nitriles is 1. The van der Waals surface area contributed by atoms with Gasteiger partial charge >= 0.3 is 6.02 Å². The van der Waals surface area contributed by atoms with Crippen LogP contribution in [-0.4, -0.2) is 60.9 Å². The summed E-state index contributed by atoms with van der Waals surface area (Å²) in [5.41, 5.74) is 1.76. The molecule has 32 heavy (non-hydrogen) atoms. The van der Waals surface area contributed by atoms with Crippen molar-refractivity contribution in [1.29, 1.82) is 5.26 Å². The Morgan fingerprint density at radius 3 is 1.97 bits per heavy atom. The van der Waals surface area contributed by atoms with Crippen LogP contribution in [0.2, 0.25) is 0 Å². The molecule has 0 aromatic heterocycles. The lowest BCUT2D eigenvalue weighted by molar-refractivity contribution is -0.870. The van der Waals surface area contributed by atoms with Gasteiger partial charge < -0.3 is 19.4 Å². The maximum Gasteiger partial charge on any atom is 0.313 e. The number of nitrogens with one attached hydrogen (secondary N) is 1. The van der Waals surface area contributed by atoms with Crippen molar-refractivity contribution in [3.05, 3.63) is 34.6 Å². The van der Waals surface area contributed by atoms with Gasteiger partial charge in [-0.15, -0.1) is 4.99 Å². The zero-order valence-electron chi connectivity index (χ0n) is 20.7. The first-order valence-electron chi connectivity index (χ1n) is 10.5. The van der Waals surface area contributed by atoms with Crippen LogP contribution in [0.15, 0.2) is 22.9 Å². The van der Waals surface area contributed by atoms with E-state index in [1.807, 2.05) is 53.7 Å². The monoisotopic (exact) mass is 445 g/mol. The SMILES string of the molecule is CC(C)(C)c1cc(C=C2OC(=NC#N)NC2=O)cc(C(C)(C)C)c1O.C[N+](C)(C)CCO. The van der Waals surface area contributed by atoms with Gasteiger partial charge in [0.15, 0.2) is 5.76 Å². The van der Waals surface area contributed by atoms with Crippen molar-refractivity contribution in [3.8, 4) is 11.9 Å². The quantitative estimate of drug-likeness (QED) is 0.376. The molecule has 176 valence electrons. The number of carbonyl (C=O) groups is 1. The van der Waals surface area contributed by atoms with Gasteiger partial charge in [-0.05, 0) is 34.6 Å². The number of carbonyl (C=O) groups excluding carboxylic acids is 1. The lowest BCUT2D eigenvalue weighted by Gasteiger charge is -2.27. The predicted octanol–water partition coefficient (Wildman–Crippen LogP) is 3.00. The summed E-state index contributed by atoms with van der Waals surface area (Å²) in [6, 6.07) is 3.55. The van der Waals surface area contributed by atoms with Gasteiger partial charge in [0.2, 0.25) is 6.19 Å². The number of amidine groups is 1. The number of amides is 1. The minimum absolute atomic E-state index is 0.0550. The lowest BCUT2D eigenvalue weighted by atomic mass is 9.78. The zero-order chi connectivity index (χ0) is 24.9. The fourth-order valence-electron chi connectivity index (χ4n) is 2.86. The average Bonchev–Trinajstić information content (AvgIpc) is 2.93. The summed E-state index contributed by atoms with van der Waals surface area (Å²) in [7, 11) is 6.16. The molecule has 3 N–H and O–H groups in total. The first-order valence-corrected chi connectivity index (χ1v) is 10.5. The molecule has 0 aliphatic carbocycles. The molecule has 1 saturated heterocycles. The standard InChI is InChI=1S/C19H23N3O3.C5H14NO/c1-18(2,3)12-7-11(8-13(15(12)23)19(4,5)6)9-14-16(24)22-17(25-14)21-10-20;1-6(2,3)4-5-7/h7-9,23H,1-6H3,(H,21,22,24);7H,4-5H2,1-3H3/q;+1. The van der Waals surface area contributed by atoms with Crippen molar-refractivity contribution >= 4 is 18.0 Å². The topological polar surface area (TPSA) is 115 Å². The Bertz CT molecular complexity index is 902. The molecule has 2 rings (SSSR count). The third kappa shape index (κ3) is 7.98. The number of quaternary nitrogens is 1. The van der Waals surface area contributed by atoms with Crippen LogP contribution < -0.4 is 5.32 Å². The number of hydrogen-bond donors (Lipinski definition) is 3. The van der Waals surface area contributed by atoms with E-state index in [0.717, 1.165) is 27.7 Å². The van der Waals surface area contributed by atoms with Crippen LogP contribution >= 0.6 is 0 Å². The second kappa shape index (κ2) is 10.2. The van der Waals surface area contributed by atoms with Gasteiger partial charge in [0.1, 0.15) is 12.3 Å². The number of aromatic hydroxyl groups is 1. The molecule has 0 radical (unpaired) electrons. The summed E-state index contributed by atoms with van der Waals surface area (Å²) in [4.78, 5) is 15.3. The Morgan fingerprint density at radius 2 is 1.62 bits per heavy atom. The van der Waals surface area contributed by atoms with E-state index in [9.17, 15) is 9.90 Å². The molecule has 8 nitrogen and oxygen atoms in total. The van der Waals surface area contributed by atoms with Crippen molar-refractivity contribution in [3.63, 3.8) is 0 Å². The summed E-state index contributed by atoms with van der Waals surface area (Å²) >= 11 is 0. The normalized spacial score (nSPS) is 16.8. The second-order valence-electron chi connectivity index (χ2n) is 10.8. The molecule has 1 aliphatic heterocycles. The predicted molar refractivity (Wildman–Crippen MR) is 126 cm³/mol. The maximum absolute atomic E-state index is 12.0. The molecular weight excluding hydrogens is 408 g/mol. The van der Waals surface area contributed by atoms with Crippen molar-refractivity contribution in [1.82, 2.24) is 5.32 Å². The molecule has 1 aromatic rings. The number of phenolic OH excluding ortho intramolecular Hbond substituents is 1. The Hall–Kier alpha value is -2.89. The smallest absolute Gasteiger partial charge is 0.313 e. The van der Waals surface area contributed by atoms with E-state index < -0.39 is 5.91 Å². The van der Waals surface area contributed by atoms with Crippen molar-refractivity contribution in [2.45, 2.75) is 52.4 Å². The molecule has 1 aliphatic rings. The van der Waals surface area contributed by atoms with E-state index in [1.54, 1.807) is 12.3 Å². The molecule has 0 bridgehead atoms. The third-order valence-electron chi connectivity index (χ3n) is 4.62. The molecule has 1 aromatic carbocycles. The molecule has 8 heteroatoms. The number of benzene rings is 1. The highest BCUT2D eigenvalue weighted by atomic mass is 16.5. The molecule has 0 atom stereocenters. The number of likely N-dealkylation sites (N-methyl/N-ethyl adjacent to an activating group) is 1. The fraction of sp³-hybridized carbons (Fsp3) is 0.542. The van der Waals surface area contributed by atoms with Gasteiger partial charge in [0.25, 0.3) is 5.91 Å². The number of hydrogen-bond acceptors (Lipinski definition) is 6. The number of rotatable bonds is 3. The van der Waals surface area contributed by atoms with Crippen LogP contribution in [0.1, 0.15) is 58.2 Å². The lowest BCUT2D eigenvalue weighted by Crippen LogP contribution is -2.36.